The normalized spacial score (nSPS) is 21.2. The van der Waals surface area contributed by atoms with Gasteiger partial charge in [-0.3, -0.25) is 9.59 Å². The van der Waals surface area contributed by atoms with E-state index in [0.29, 0.717) is 32.0 Å². The number of unbranched alkanes of at least 4 members (excludes halogenated alkanes) is 1. The fourth-order valence-electron chi connectivity index (χ4n) is 4.60. The van der Waals surface area contributed by atoms with E-state index < -0.39 is 12.2 Å². The Bertz CT molecular complexity index is 859. The lowest BCUT2D eigenvalue weighted by molar-refractivity contribution is -0.187. The second kappa shape index (κ2) is 11.6. The van der Waals surface area contributed by atoms with Gasteiger partial charge in [0.25, 0.3) is 0 Å². The van der Waals surface area contributed by atoms with Crippen molar-refractivity contribution in [2.24, 2.45) is 5.92 Å². The first-order valence-corrected chi connectivity index (χ1v) is 12.3. The molecule has 2 fully saturated rings. The average Bonchev–Trinajstić information content (AvgIpc) is 2.81. The Morgan fingerprint density at radius 1 is 1.21 bits per heavy atom. The maximum atomic E-state index is 13.4. The monoisotopic (exact) mass is 473 g/mol. The Morgan fingerprint density at radius 3 is 2.53 bits per heavy atom. The van der Waals surface area contributed by atoms with Gasteiger partial charge in [-0.25, -0.2) is 14.8 Å². The lowest BCUT2D eigenvalue weighted by Gasteiger charge is -2.54. The number of carbonyl (C=O) groups is 3. The number of fused-ring (bicyclic) bond motifs is 1. The van der Waals surface area contributed by atoms with Gasteiger partial charge in [-0.15, -0.1) is 0 Å². The maximum absolute atomic E-state index is 13.4. The van der Waals surface area contributed by atoms with E-state index in [-0.39, 0.29) is 24.4 Å². The first-order valence-electron chi connectivity index (χ1n) is 12.3. The Kier molecular flexibility index (Phi) is 8.77. The number of hydrogen-bond donors (Lipinski definition) is 1. The molecule has 34 heavy (non-hydrogen) atoms. The van der Waals surface area contributed by atoms with Gasteiger partial charge >= 0.3 is 6.03 Å². The van der Waals surface area contributed by atoms with Crippen LogP contribution in [0.2, 0.25) is 0 Å². The molecule has 2 aliphatic heterocycles. The van der Waals surface area contributed by atoms with Crippen LogP contribution in [0.15, 0.2) is 24.3 Å². The minimum absolute atomic E-state index is 0.00171. The van der Waals surface area contributed by atoms with E-state index in [1.54, 1.807) is 29.1 Å². The minimum Gasteiger partial charge on any atom is -0.497 e. The third kappa shape index (κ3) is 5.81. The molecule has 1 aromatic rings. The van der Waals surface area contributed by atoms with Crippen LogP contribution < -0.4 is 10.1 Å². The number of carbonyl (C=O) groups excluding carboxylic acids is 3. The highest BCUT2D eigenvalue weighted by Gasteiger charge is 2.50. The summed E-state index contributed by atoms with van der Waals surface area (Å²) >= 11 is 0. The van der Waals surface area contributed by atoms with Crippen molar-refractivity contribution in [1.82, 2.24) is 25.1 Å². The van der Waals surface area contributed by atoms with Crippen LogP contribution in [0.4, 0.5) is 4.79 Å². The molecule has 2 atom stereocenters. The number of methoxy groups -OCH3 is 1. The molecular formula is C25H39N5O4. The largest absolute Gasteiger partial charge is 0.497 e. The average molecular weight is 474 g/mol. The molecule has 1 aromatic carbocycles. The number of piperazine rings is 1. The zero-order valence-corrected chi connectivity index (χ0v) is 21.1. The first kappa shape index (κ1) is 25.8. The van der Waals surface area contributed by atoms with E-state index in [0.717, 1.165) is 30.6 Å². The van der Waals surface area contributed by atoms with Crippen molar-refractivity contribution in [3.05, 3.63) is 29.8 Å². The molecule has 9 nitrogen and oxygen atoms in total. The highest BCUT2D eigenvalue weighted by molar-refractivity contribution is 5.91. The number of likely N-dealkylation sites (N-methyl/N-ethyl adjacent to an activating group) is 1. The van der Waals surface area contributed by atoms with Crippen molar-refractivity contribution in [1.29, 1.82) is 0 Å². The maximum Gasteiger partial charge on any atom is 0.334 e. The lowest BCUT2D eigenvalue weighted by atomic mass is 10.00. The van der Waals surface area contributed by atoms with E-state index in [1.807, 2.05) is 29.2 Å². The quantitative estimate of drug-likeness (QED) is 0.596. The molecular weight excluding hydrogens is 434 g/mol. The van der Waals surface area contributed by atoms with Crippen molar-refractivity contribution in [3.63, 3.8) is 0 Å². The molecule has 188 valence electrons. The second-order valence-electron chi connectivity index (χ2n) is 9.57. The molecule has 3 rings (SSSR count). The second-order valence-corrected chi connectivity index (χ2v) is 9.57. The molecule has 0 spiro atoms. The van der Waals surface area contributed by atoms with E-state index in [1.165, 1.54) is 0 Å². The fourth-order valence-corrected chi connectivity index (χ4v) is 4.60. The number of rotatable bonds is 9. The Hall–Kier alpha value is -2.81. The van der Waals surface area contributed by atoms with Crippen LogP contribution in [0.3, 0.4) is 0 Å². The Morgan fingerprint density at radius 2 is 1.91 bits per heavy atom. The van der Waals surface area contributed by atoms with Crippen molar-refractivity contribution in [2.75, 3.05) is 33.8 Å². The minimum atomic E-state index is -0.524. The summed E-state index contributed by atoms with van der Waals surface area (Å²) in [6.45, 7) is 7.70. The number of benzene rings is 1. The standard InChI is InChI=1S/C25H39N5O4/c1-6-7-8-21-24(32)28(14-13-18(2)3)16-22-29(21)23(31)17-27(4)30(22)25(33)26-15-19-9-11-20(34-5)12-10-19/h9-12,18,21-22H,6-8,13-17H2,1-5H3,(H,26,33)/t21-,22-/m0/s1. The van der Waals surface area contributed by atoms with Crippen molar-refractivity contribution < 1.29 is 19.1 Å². The van der Waals surface area contributed by atoms with Gasteiger partial charge in [0.15, 0.2) is 0 Å². The predicted molar refractivity (Wildman–Crippen MR) is 130 cm³/mol. The van der Waals surface area contributed by atoms with Gasteiger partial charge in [0.1, 0.15) is 18.0 Å². The van der Waals surface area contributed by atoms with Gasteiger partial charge < -0.3 is 19.9 Å². The zero-order chi connectivity index (χ0) is 24.8. The highest BCUT2D eigenvalue weighted by Crippen LogP contribution is 2.28. The third-order valence-corrected chi connectivity index (χ3v) is 6.56. The molecule has 1 N–H and O–H groups in total. The summed E-state index contributed by atoms with van der Waals surface area (Å²) in [5.41, 5.74) is 0.944. The van der Waals surface area contributed by atoms with Crippen LogP contribution in [0.1, 0.15) is 52.0 Å². The summed E-state index contributed by atoms with van der Waals surface area (Å²) in [6, 6.07) is 6.71. The molecule has 2 heterocycles. The van der Waals surface area contributed by atoms with Gasteiger partial charge in [-0.05, 0) is 36.5 Å². The Labute approximate surface area is 203 Å². The lowest BCUT2D eigenvalue weighted by Crippen LogP contribution is -2.76. The van der Waals surface area contributed by atoms with Crippen LogP contribution in [0.5, 0.6) is 5.75 Å². The molecule has 0 aliphatic carbocycles. The molecule has 2 saturated heterocycles. The summed E-state index contributed by atoms with van der Waals surface area (Å²) in [4.78, 5) is 43.3. The van der Waals surface area contributed by atoms with Crippen molar-refractivity contribution in [2.45, 2.75) is 65.2 Å². The van der Waals surface area contributed by atoms with Gasteiger partial charge in [0.2, 0.25) is 11.8 Å². The number of hydrazine groups is 1. The van der Waals surface area contributed by atoms with Crippen LogP contribution in [0.25, 0.3) is 0 Å². The van der Waals surface area contributed by atoms with Gasteiger partial charge in [0, 0.05) is 20.1 Å². The van der Waals surface area contributed by atoms with E-state index >= 15 is 0 Å². The number of amides is 4. The molecule has 0 radical (unpaired) electrons. The molecule has 0 saturated carbocycles. The molecule has 0 aromatic heterocycles. The molecule has 9 heteroatoms. The smallest absolute Gasteiger partial charge is 0.334 e. The van der Waals surface area contributed by atoms with Gasteiger partial charge in [0.05, 0.1) is 20.2 Å². The summed E-state index contributed by atoms with van der Waals surface area (Å²) < 4.78 is 5.19. The van der Waals surface area contributed by atoms with Crippen LogP contribution in [-0.4, -0.2) is 83.7 Å². The molecule has 0 bridgehead atoms. The van der Waals surface area contributed by atoms with Crippen LogP contribution in [0, 0.1) is 5.92 Å². The molecule has 2 aliphatic rings. The summed E-state index contributed by atoms with van der Waals surface area (Å²) in [6.07, 6.45) is 2.76. The topological polar surface area (TPSA) is 85.4 Å². The van der Waals surface area contributed by atoms with Crippen LogP contribution in [-0.2, 0) is 16.1 Å². The van der Waals surface area contributed by atoms with Gasteiger partial charge in [-0.2, -0.15) is 0 Å². The SMILES string of the molecule is CCCC[C@H]1C(=O)N(CCC(C)C)C[C@H]2N1C(=O)CN(C)N2C(=O)NCc1ccc(OC)cc1. The highest BCUT2D eigenvalue weighted by atomic mass is 16.5. The molecule has 0 unspecified atom stereocenters. The number of nitrogens with zero attached hydrogens (tertiary/aromatic N) is 4. The van der Waals surface area contributed by atoms with E-state index in [2.05, 4.69) is 26.1 Å². The number of ether oxygens (including phenoxy) is 1. The molecule has 4 amide bonds. The first-order chi connectivity index (χ1) is 16.3. The fraction of sp³-hybridized carbons (Fsp3) is 0.640. The third-order valence-electron chi connectivity index (χ3n) is 6.56. The van der Waals surface area contributed by atoms with Gasteiger partial charge in [-0.1, -0.05) is 45.7 Å². The van der Waals surface area contributed by atoms with Crippen molar-refractivity contribution >= 4 is 17.8 Å². The number of nitrogens with one attached hydrogen (secondary N) is 1. The van der Waals surface area contributed by atoms with Crippen LogP contribution >= 0.6 is 0 Å². The summed E-state index contributed by atoms with van der Waals surface area (Å²) in [7, 11) is 3.36. The zero-order valence-electron chi connectivity index (χ0n) is 21.1. The number of hydrogen-bond acceptors (Lipinski definition) is 5. The predicted octanol–water partition coefficient (Wildman–Crippen LogP) is 2.67. The number of urea groups is 1. The summed E-state index contributed by atoms with van der Waals surface area (Å²) in [5.74, 6) is 1.11. The Balaban J connectivity index is 1.80. The van der Waals surface area contributed by atoms with E-state index in [9.17, 15) is 14.4 Å². The van der Waals surface area contributed by atoms with E-state index in [4.69, 9.17) is 4.74 Å². The van der Waals surface area contributed by atoms with Crippen molar-refractivity contribution in [3.8, 4) is 5.75 Å². The summed E-state index contributed by atoms with van der Waals surface area (Å²) in [5, 5.41) is 6.26.